The largest absolute Gasteiger partial charge is 0.392 e. The fraction of sp³-hybridized carbons (Fsp3) is 0.438. The normalized spacial score (nSPS) is 17.2. The van der Waals surface area contributed by atoms with Gasteiger partial charge in [0.05, 0.1) is 6.10 Å². The molecule has 0 bridgehead atoms. The summed E-state index contributed by atoms with van der Waals surface area (Å²) >= 11 is 0. The fourth-order valence-corrected chi connectivity index (χ4v) is 2.80. The van der Waals surface area contributed by atoms with Gasteiger partial charge in [-0.25, -0.2) is 0 Å². The van der Waals surface area contributed by atoms with Crippen LogP contribution in [0, 0.1) is 0 Å². The van der Waals surface area contributed by atoms with E-state index in [1.807, 2.05) is 29.2 Å². The van der Waals surface area contributed by atoms with Crippen molar-refractivity contribution in [1.82, 2.24) is 24.6 Å². The zero-order valence-corrected chi connectivity index (χ0v) is 13.2. The molecule has 1 fully saturated rings. The lowest BCUT2D eigenvalue weighted by Gasteiger charge is -2.35. The van der Waals surface area contributed by atoms with Crippen molar-refractivity contribution in [3.63, 3.8) is 0 Å². The number of rotatable bonds is 4. The highest BCUT2D eigenvalue weighted by Gasteiger charge is 2.22. The van der Waals surface area contributed by atoms with Crippen LogP contribution >= 0.6 is 0 Å². The number of aliphatic hydroxyl groups excluding tert-OH is 1. The first kappa shape index (κ1) is 15.6. The zero-order chi connectivity index (χ0) is 16.2. The molecule has 7 heteroatoms. The van der Waals surface area contributed by atoms with E-state index in [-0.39, 0.29) is 12.0 Å². The van der Waals surface area contributed by atoms with E-state index < -0.39 is 0 Å². The summed E-state index contributed by atoms with van der Waals surface area (Å²) in [7, 11) is 0. The summed E-state index contributed by atoms with van der Waals surface area (Å²) in [5, 5.41) is 17.0. The summed E-state index contributed by atoms with van der Waals surface area (Å²) in [5.41, 5.74) is 1.61. The Labute approximate surface area is 135 Å². The number of benzene rings is 1. The first-order chi connectivity index (χ1) is 11.1. The SMILES string of the molecule is C[C@@H](O)CN1CCN(C(=O)c2ccc(-n3cnnc3)cc2)CC1. The Bertz CT molecular complexity index is 631. The van der Waals surface area contributed by atoms with Crippen molar-refractivity contribution in [2.45, 2.75) is 13.0 Å². The number of carbonyl (C=O) groups is 1. The molecule has 2 aromatic rings. The molecule has 23 heavy (non-hydrogen) atoms. The van der Waals surface area contributed by atoms with Crippen LogP contribution in [0.25, 0.3) is 5.69 Å². The van der Waals surface area contributed by atoms with Crippen molar-refractivity contribution >= 4 is 5.91 Å². The van der Waals surface area contributed by atoms with Crippen LogP contribution in [0.2, 0.25) is 0 Å². The molecule has 1 N–H and O–H groups in total. The molecule has 0 aliphatic carbocycles. The van der Waals surface area contributed by atoms with Crippen LogP contribution in [0.4, 0.5) is 0 Å². The monoisotopic (exact) mass is 315 g/mol. The summed E-state index contributed by atoms with van der Waals surface area (Å²) in [4.78, 5) is 16.6. The molecule has 2 heterocycles. The fourth-order valence-electron chi connectivity index (χ4n) is 2.80. The maximum absolute atomic E-state index is 12.6. The average molecular weight is 315 g/mol. The number of aromatic nitrogens is 3. The highest BCUT2D eigenvalue weighted by atomic mass is 16.3. The maximum Gasteiger partial charge on any atom is 0.253 e. The molecule has 1 aromatic carbocycles. The Morgan fingerprint density at radius 3 is 2.30 bits per heavy atom. The standard InChI is InChI=1S/C16H21N5O2/c1-13(22)10-19-6-8-20(9-7-19)16(23)14-2-4-15(5-3-14)21-11-17-18-12-21/h2-5,11-13,22H,6-10H2,1H3/t13-/m1/s1. The number of β-amino-alcohol motifs (C(OH)–C–C–N with tert-alkyl or cyclic N) is 1. The third-order valence-corrected chi connectivity index (χ3v) is 4.01. The molecule has 1 saturated heterocycles. The number of amides is 1. The molecule has 0 saturated carbocycles. The lowest BCUT2D eigenvalue weighted by atomic mass is 10.1. The predicted octanol–water partition coefficient (Wildman–Crippen LogP) is 0.406. The van der Waals surface area contributed by atoms with Crippen LogP contribution in [0.15, 0.2) is 36.9 Å². The summed E-state index contributed by atoms with van der Waals surface area (Å²) in [6.07, 6.45) is 2.92. The maximum atomic E-state index is 12.6. The second kappa shape index (κ2) is 6.89. The second-order valence-corrected chi connectivity index (χ2v) is 5.86. The van der Waals surface area contributed by atoms with E-state index in [9.17, 15) is 9.90 Å². The van der Waals surface area contributed by atoms with Crippen molar-refractivity contribution in [2.75, 3.05) is 32.7 Å². The molecule has 122 valence electrons. The van der Waals surface area contributed by atoms with Crippen LogP contribution < -0.4 is 0 Å². The number of aliphatic hydroxyl groups is 1. The average Bonchev–Trinajstić information content (AvgIpc) is 3.09. The minimum Gasteiger partial charge on any atom is -0.392 e. The summed E-state index contributed by atoms with van der Waals surface area (Å²) in [6.45, 7) is 5.44. The Morgan fingerprint density at radius 1 is 1.13 bits per heavy atom. The van der Waals surface area contributed by atoms with Gasteiger partial charge in [0.2, 0.25) is 0 Å². The van der Waals surface area contributed by atoms with Crippen LogP contribution in [-0.4, -0.2) is 74.4 Å². The number of carbonyl (C=O) groups excluding carboxylic acids is 1. The van der Waals surface area contributed by atoms with Gasteiger partial charge in [0.25, 0.3) is 5.91 Å². The highest BCUT2D eigenvalue weighted by Crippen LogP contribution is 2.12. The summed E-state index contributed by atoms with van der Waals surface area (Å²) in [5.74, 6) is 0.0528. The summed E-state index contributed by atoms with van der Waals surface area (Å²) < 4.78 is 1.79. The zero-order valence-electron chi connectivity index (χ0n) is 13.2. The van der Waals surface area contributed by atoms with Gasteiger partial charge < -0.3 is 10.0 Å². The first-order valence-corrected chi connectivity index (χ1v) is 7.78. The molecular formula is C16H21N5O2. The van der Waals surface area contributed by atoms with Gasteiger partial charge in [-0.15, -0.1) is 10.2 Å². The lowest BCUT2D eigenvalue weighted by Crippen LogP contribution is -2.50. The van der Waals surface area contributed by atoms with E-state index in [0.717, 1.165) is 18.8 Å². The van der Waals surface area contributed by atoms with Gasteiger partial charge in [0.15, 0.2) is 0 Å². The van der Waals surface area contributed by atoms with Crippen molar-refractivity contribution in [1.29, 1.82) is 0 Å². The second-order valence-electron chi connectivity index (χ2n) is 5.86. The van der Waals surface area contributed by atoms with E-state index in [1.165, 1.54) is 0 Å². The first-order valence-electron chi connectivity index (χ1n) is 7.78. The smallest absolute Gasteiger partial charge is 0.253 e. The van der Waals surface area contributed by atoms with E-state index in [2.05, 4.69) is 15.1 Å². The van der Waals surface area contributed by atoms with Crippen LogP contribution in [-0.2, 0) is 0 Å². The van der Waals surface area contributed by atoms with Gasteiger partial charge in [-0.3, -0.25) is 14.3 Å². The third-order valence-electron chi connectivity index (χ3n) is 4.01. The molecule has 0 unspecified atom stereocenters. The Hall–Kier alpha value is -2.25. The number of hydrogen-bond donors (Lipinski definition) is 1. The van der Waals surface area contributed by atoms with Gasteiger partial charge in [0.1, 0.15) is 12.7 Å². The molecule has 1 amide bonds. The molecule has 7 nitrogen and oxygen atoms in total. The minimum atomic E-state index is -0.331. The predicted molar refractivity (Wildman–Crippen MR) is 85.4 cm³/mol. The van der Waals surface area contributed by atoms with E-state index in [1.54, 1.807) is 24.1 Å². The van der Waals surface area contributed by atoms with Gasteiger partial charge in [0, 0.05) is 44.0 Å². The van der Waals surface area contributed by atoms with E-state index >= 15 is 0 Å². The Morgan fingerprint density at radius 2 is 1.74 bits per heavy atom. The topological polar surface area (TPSA) is 74.5 Å². The van der Waals surface area contributed by atoms with Gasteiger partial charge in [-0.05, 0) is 31.2 Å². The molecule has 0 radical (unpaired) electrons. The Kier molecular flexibility index (Phi) is 4.68. The molecule has 3 rings (SSSR count). The number of hydrogen-bond acceptors (Lipinski definition) is 5. The number of nitrogens with zero attached hydrogens (tertiary/aromatic N) is 5. The van der Waals surface area contributed by atoms with Crippen molar-refractivity contribution < 1.29 is 9.90 Å². The minimum absolute atomic E-state index is 0.0528. The molecule has 0 spiro atoms. The van der Waals surface area contributed by atoms with Crippen molar-refractivity contribution in [2.24, 2.45) is 0 Å². The number of piperazine rings is 1. The van der Waals surface area contributed by atoms with Crippen molar-refractivity contribution in [3.8, 4) is 5.69 Å². The van der Waals surface area contributed by atoms with Crippen LogP contribution in [0.5, 0.6) is 0 Å². The van der Waals surface area contributed by atoms with Crippen molar-refractivity contribution in [3.05, 3.63) is 42.5 Å². The molecule has 1 atom stereocenters. The highest BCUT2D eigenvalue weighted by molar-refractivity contribution is 5.94. The van der Waals surface area contributed by atoms with Crippen LogP contribution in [0.1, 0.15) is 17.3 Å². The molecular weight excluding hydrogens is 294 g/mol. The molecule has 1 aliphatic rings. The Balaban J connectivity index is 1.60. The lowest BCUT2D eigenvalue weighted by molar-refractivity contribution is 0.0554. The van der Waals surface area contributed by atoms with Gasteiger partial charge >= 0.3 is 0 Å². The van der Waals surface area contributed by atoms with Gasteiger partial charge in [-0.2, -0.15) is 0 Å². The summed E-state index contributed by atoms with van der Waals surface area (Å²) in [6, 6.07) is 7.44. The van der Waals surface area contributed by atoms with Crippen LogP contribution in [0.3, 0.4) is 0 Å². The van der Waals surface area contributed by atoms with E-state index in [4.69, 9.17) is 0 Å². The molecule has 1 aromatic heterocycles. The van der Waals surface area contributed by atoms with E-state index in [0.29, 0.717) is 25.2 Å². The van der Waals surface area contributed by atoms with Gasteiger partial charge in [-0.1, -0.05) is 0 Å². The third kappa shape index (κ3) is 3.75. The quantitative estimate of drug-likeness (QED) is 0.884. The molecule has 1 aliphatic heterocycles.